The highest BCUT2D eigenvalue weighted by Crippen LogP contribution is 2.15. The van der Waals surface area contributed by atoms with E-state index in [9.17, 15) is 14.0 Å². The fourth-order valence-corrected chi connectivity index (χ4v) is 1.95. The summed E-state index contributed by atoms with van der Waals surface area (Å²) in [4.78, 5) is 23.5. The largest absolute Gasteiger partial charge is 0.493 e. The number of nitrogens with one attached hydrogen (secondary N) is 2. The average molecular weight is 343 g/mol. The minimum atomic E-state index is -0.486. The van der Waals surface area contributed by atoms with Crippen LogP contribution in [-0.2, 0) is 4.79 Å². The predicted octanol–water partition coefficient (Wildman–Crippen LogP) is 2.10. The zero-order chi connectivity index (χ0) is 18.1. The van der Waals surface area contributed by atoms with Crippen LogP contribution in [0.2, 0.25) is 0 Å². The van der Waals surface area contributed by atoms with E-state index < -0.39 is 17.6 Å². The number of carbonyl (C=O) groups excluding carboxylic acids is 2. The number of nitrogens with zero attached hydrogens (tertiary/aromatic N) is 1. The second kappa shape index (κ2) is 9.17. The van der Waals surface area contributed by atoms with Gasteiger partial charge in [-0.2, -0.15) is 5.10 Å². The van der Waals surface area contributed by atoms with Crippen LogP contribution in [0.4, 0.5) is 4.39 Å². The van der Waals surface area contributed by atoms with Crippen molar-refractivity contribution in [1.82, 2.24) is 10.7 Å². The van der Waals surface area contributed by atoms with Crippen molar-refractivity contribution in [2.75, 3.05) is 13.2 Å². The summed E-state index contributed by atoms with van der Waals surface area (Å²) in [6, 6.07) is 12.3. The molecule has 2 N–H and O–H groups in total. The van der Waals surface area contributed by atoms with E-state index in [1.807, 2.05) is 19.1 Å². The quantitative estimate of drug-likeness (QED) is 0.597. The lowest BCUT2D eigenvalue weighted by molar-refractivity contribution is -0.120. The van der Waals surface area contributed by atoms with Crippen molar-refractivity contribution in [3.8, 4) is 5.75 Å². The molecule has 6 nitrogen and oxygen atoms in total. The van der Waals surface area contributed by atoms with Crippen molar-refractivity contribution in [3.63, 3.8) is 0 Å². The lowest BCUT2D eigenvalue weighted by Crippen LogP contribution is -2.34. The Morgan fingerprint density at radius 1 is 1.16 bits per heavy atom. The monoisotopic (exact) mass is 343 g/mol. The van der Waals surface area contributed by atoms with Crippen molar-refractivity contribution < 1.29 is 18.7 Å². The van der Waals surface area contributed by atoms with Gasteiger partial charge in [-0.15, -0.1) is 0 Å². The fraction of sp³-hybridized carbons (Fsp3) is 0.167. The molecule has 2 aromatic rings. The summed E-state index contributed by atoms with van der Waals surface area (Å²) in [6.07, 6.45) is 1.46. The van der Waals surface area contributed by atoms with Crippen molar-refractivity contribution in [1.29, 1.82) is 0 Å². The number of halogens is 1. The van der Waals surface area contributed by atoms with E-state index in [0.29, 0.717) is 12.4 Å². The molecule has 0 aliphatic rings. The van der Waals surface area contributed by atoms with Gasteiger partial charge < -0.3 is 10.1 Å². The van der Waals surface area contributed by atoms with Gasteiger partial charge in [0.1, 0.15) is 11.6 Å². The van der Waals surface area contributed by atoms with E-state index in [1.54, 1.807) is 12.1 Å². The molecule has 0 aromatic heterocycles. The number of ether oxygens (including phenoxy) is 1. The number of hydrogen-bond donors (Lipinski definition) is 2. The van der Waals surface area contributed by atoms with Crippen LogP contribution in [0.5, 0.6) is 5.75 Å². The molecule has 0 atom stereocenters. The van der Waals surface area contributed by atoms with Crippen LogP contribution in [0.25, 0.3) is 0 Å². The Kier molecular flexibility index (Phi) is 6.65. The third-order valence-corrected chi connectivity index (χ3v) is 3.13. The van der Waals surface area contributed by atoms with Crippen molar-refractivity contribution in [2.45, 2.75) is 6.92 Å². The van der Waals surface area contributed by atoms with Gasteiger partial charge in [-0.05, 0) is 43.3 Å². The molecule has 0 unspecified atom stereocenters. The number of benzene rings is 2. The molecular weight excluding hydrogens is 325 g/mol. The van der Waals surface area contributed by atoms with Crippen LogP contribution < -0.4 is 15.5 Å². The fourth-order valence-electron chi connectivity index (χ4n) is 1.95. The predicted molar refractivity (Wildman–Crippen MR) is 92.1 cm³/mol. The first-order valence-electron chi connectivity index (χ1n) is 7.67. The van der Waals surface area contributed by atoms with Crippen LogP contribution in [-0.4, -0.2) is 31.2 Å². The maximum atomic E-state index is 12.8. The molecule has 0 saturated heterocycles. The lowest BCUT2D eigenvalue weighted by atomic mass is 10.2. The Morgan fingerprint density at radius 3 is 2.60 bits per heavy atom. The third-order valence-electron chi connectivity index (χ3n) is 3.13. The molecule has 7 heteroatoms. The molecule has 130 valence electrons. The summed E-state index contributed by atoms with van der Waals surface area (Å²) >= 11 is 0. The SMILES string of the molecule is CCOc1ccccc1/C=N/NC(=O)CNC(=O)c1ccc(F)cc1. The minimum Gasteiger partial charge on any atom is -0.493 e. The minimum absolute atomic E-state index is 0.249. The highest BCUT2D eigenvalue weighted by molar-refractivity contribution is 5.96. The molecule has 0 saturated carbocycles. The van der Waals surface area contributed by atoms with E-state index in [4.69, 9.17) is 4.74 Å². The maximum Gasteiger partial charge on any atom is 0.259 e. The summed E-state index contributed by atoms with van der Waals surface area (Å²) < 4.78 is 18.2. The topological polar surface area (TPSA) is 79.8 Å². The molecule has 0 bridgehead atoms. The van der Waals surface area contributed by atoms with E-state index in [2.05, 4.69) is 15.8 Å². The maximum absolute atomic E-state index is 12.8. The summed E-state index contributed by atoms with van der Waals surface area (Å²) in [5, 5.41) is 6.27. The van der Waals surface area contributed by atoms with Gasteiger partial charge in [0, 0.05) is 11.1 Å². The summed E-state index contributed by atoms with van der Waals surface area (Å²) in [5.74, 6) is -0.731. The number of amides is 2. The van der Waals surface area contributed by atoms with E-state index in [1.165, 1.54) is 30.5 Å². The van der Waals surface area contributed by atoms with Crippen molar-refractivity contribution in [3.05, 3.63) is 65.5 Å². The zero-order valence-electron chi connectivity index (χ0n) is 13.7. The van der Waals surface area contributed by atoms with Crippen LogP contribution >= 0.6 is 0 Å². The smallest absolute Gasteiger partial charge is 0.259 e. The summed E-state index contributed by atoms with van der Waals surface area (Å²) in [7, 11) is 0. The molecule has 0 fully saturated rings. The van der Waals surface area contributed by atoms with Gasteiger partial charge >= 0.3 is 0 Å². The number of carbonyl (C=O) groups is 2. The Morgan fingerprint density at radius 2 is 1.88 bits per heavy atom. The molecule has 0 aliphatic carbocycles. The highest BCUT2D eigenvalue weighted by Gasteiger charge is 2.07. The average Bonchev–Trinajstić information content (AvgIpc) is 2.62. The summed E-state index contributed by atoms with van der Waals surface area (Å²) in [5.41, 5.74) is 3.31. The molecule has 0 heterocycles. The second-order valence-corrected chi connectivity index (χ2v) is 4.95. The van der Waals surface area contributed by atoms with Crippen LogP contribution in [0.1, 0.15) is 22.8 Å². The van der Waals surface area contributed by atoms with Gasteiger partial charge in [-0.3, -0.25) is 9.59 Å². The van der Waals surface area contributed by atoms with Gasteiger partial charge in [0.25, 0.3) is 11.8 Å². The second-order valence-electron chi connectivity index (χ2n) is 4.95. The van der Waals surface area contributed by atoms with Gasteiger partial charge in [0.15, 0.2) is 0 Å². The van der Waals surface area contributed by atoms with E-state index in [0.717, 1.165) is 5.56 Å². The standard InChI is InChI=1S/C18H18FN3O3/c1-2-25-16-6-4-3-5-14(16)11-21-22-17(23)12-20-18(24)13-7-9-15(19)10-8-13/h3-11H,2,12H2,1H3,(H,20,24)(H,22,23)/b21-11+. The normalized spacial score (nSPS) is 10.5. The van der Waals surface area contributed by atoms with Crippen LogP contribution in [0, 0.1) is 5.82 Å². The van der Waals surface area contributed by atoms with Gasteiger partial charge in [-0.1, -0.05) is 12.1 Å². The molecule has 2 aromatic carbocycles. The Hall–Kier alpha value is -3.22. The molecule has 2 rings (SSSR count). The molecule has 0 aliphatic heterocycles. The number of rotatable bonds is 7. The first-order valence-corrected chi connectivity index (χ1v) is 7.67. The molecule has 25 heavy (non-hydrogen) atoms. The number of hydrazone groups is 1. The third kappa shape index (κ3) is 5.72. The van der Waals surface area contributed by atoms with E-state index >= 15 is 0 Å². The Bertz CT molecular complexity index is 760. The summed E-state index contributed by atoms with van der Waals surface area (Å²) in [6.45, 7) is 2.15. The lowest BCUT2D eigenvalue weighted by Gasteiger charge is -2.06. The van der Waals surface area contributed by atoms with Gasteiger partial charge in [0.2, 0.25) is 0 Å². The molecule has 0 spiro atoms. The highest BCUT2D eigenvalue weighted by atomic mass is 19.1. The van der Waals surface area contributed by atoms with Gasteiger partial charge in [-0.25, -0.2) is 9.82 Å². The molecule has 0 radical (unpaired) electrons. The molecule has 2 amide bonds. The van der Waals surface area contributed by atoms with Crippen molar-refractivity contribution >= 4 is 18.0 Å². The molecular formula is C18H18FN3O3. The van der Waals surface area contributed by atoms with Gasteiger partial charge in [0.05, 0.1) is 19.4 Å². The van der Waals surface area contributed by atoms with Crippen LogP contribution in [0.3, 0.4) is 0 Å². The van der Waals surface area contributed by atoms with Crippen molar-refractivity contribution in [2.24, 2.45) is 5.10 Å². The zero-order valence-corrected chi connectivity index (χ0v) is 13.7. The Balaban J connectivity index is 1.82. The van der Waals surface area contributed by atoms with Crippen LogP contribution in [0.15, 0.2) is 53.6 Å². The number of para-hydroxylation sites is 1. The first-order chi connectivity index (χ1) is 12.1. The van der Waals surface area contributed by atoms with E-state index in [-0.39, 0.29) is 12.1 Å². The number of hydrogen-bond acceptors (Lipinski definition) is 4. The Labute approximate surface area is 144 Å². The first kappa shape index (κ1) is 18.1.